The number of phenols is 1. The van der Waals surface area contributed by atoms with E-state index in [9.17, 15) is 77.3 Å². The van der Waals surface area contributed by atoms with Gasteiger partial charge in [0, 0.05) is 104 Å². The molecule has 27 N–H and O–H groups in total. The molecule has 0 spiro atoms. The topological polar surface area (TPSA) is 654 Å². The number of phenolic OH excluding ortho intramolecular Hbond substituents is 1. The lowest BCUT2D eigenvalue weighted by Crippen LogP contribution is -2.62. The maximum absolute atomic E-state index is 15.4. The fraction of sp³-hybridized carbons (Fsp3) is 0.471. The first-order valence-electron chi connectivity index (χ1n) is 42.0. The third-order valence-electron chi connectivity index (χ3n) is 21.0. The van der Waals surface area contributed by atoms with Crippen LogP contribution in [0.15, 0.2) is 116 Å². The zero-order valence-corrected chi connectivity index (χ0v) is 73.4. The molecule has 13 atom stereocenters. The van der Waals surface area contributed by atoms with Crippen molar-refractivity contribution < 1.29 is 91.7 Å². The number of aromatic amines is 2. The Morgan fingerprint density at radius 3 is 1.54 bits per heavy atom. The Kier molecular flexibility index (Phi) is 41.3. The van der Waals surface area contributed by atoms with Crippen molar-refractivity contribution in [2.24, 2.45) is 28.9 Å². The summed E-state index contributed by atoms with van der Waals surface area (Å²) in [4.78, 5) is 231. The first-order valence-corrected chi connectivity index (χ1v) is 43.2. The van der Waals surface area contributed by atoms with Crippen molar-refractivity contribution >= 4 is 148 Å². The molecule has 2 aromatic heterocycles. The standard InChI is InChI=1S/C85H118N22O19S2/c1-46(2)71(82(123)102-61(36-49-16-6-5-7-17-49)74(115)95-42-69(112)91-33-35-126-43-70(113)97-58(73(88)114)22-12-13-31-86)105-76(117)59(23-14-32-92-85(89)90)98-78(119)63(38-51-40-93-56-20-10-8-18-54(51)56)101-77(118)62(37-50-25-27-53(110)28-26-50)100-80(121)65(44-127)104-75(116)60(29-30-68(87)111)99-79(120)64(39-52-41-94-57-21-11-9-19-55(52)57)103-83(124)72(47(3)108)106-81(122)67-24-15-34-107(67)84(125)66(45-128)96-48(4)109/h5-11,16-21,25-28,40-41,46-47,58-67,71-72,93-94,108,110,127-128H,12-15,22-24,29-39,42-45,86H2,1-4H3,(H2,87,111)(H2,88,114)(H,91,112)(H,95,115)(H,96,109)(H,97,113)(H,98,119)(H,99,120)(H,100,121)(H,101,118)(H,102,123)(H,103,124)(H,104,116)(H,105,117)(H,106,122)(H4,89,90,92)/t47-,58-,59+,60+,61+,62+,63+,64+,65+,66+,67+,71+,72+/m1/s1. The molecule has 4 aromatic carbocycles. The number of nitrogens with two attached hydrogens (primary N) is 4. The van der Waals surface area contributed by atoms with Gasteiger partial charge in [-0.05, 0) is 117 Å². The van der Waals surface area contributed by atoms with Crippen molar-refractivity contribution in [3.05, 3.63) is 138 Å². The molecule has 0 aliphatic carbocycles. The first-order chi connectivity index (χ1) is 61.1. The molecule has 0 bridgehead atoms. The minimum absolute atomic E-state index is 0.00325. The molecular weight excluding hydrogens is 1700 g/mol. The Morgan fingerprint density at radius 2 is 1.00 bits per heavy atom. The molecule has 41 nitrogen and oxygen atoms in total. The van der Waals surface area contributed by atoms with Gasteiger partial charge >= 0.3 is 0 Å². The van der Waals surface area contributed by atoms with Crippen LogP contribution in [-0.2, 0) is 107 Å². The number of thiol groups is 2. The van der Waals surface area contributed by atoms with Crippen LogP contribution in [0.4, 0.5) is 0 Å². The van der Waals surface area contributed by atoms with Gasteiger partial charge in [-0.2, -0.15) is 25.3 Å². The number of aromatic hydroxyl groups is 1. The van der Waals surface area contributed by atoms with Crippen LogP contribution in [0, 0.1) is 11.3 Å². The number of primary amides is 2. The summed E-state index contributed by atoms with van der Waals surface area (Å²) in [6, 6.07) is 10.4. The average molecular weight is 1820 g/mol. The van der Waals surface area contributed by atoms with Crippen LogP contribution >= 0.6 is 25.3 Å². The molecule has 0 saturated carbocycles. The number of amides is 16. The van der Waals surface area contributed by atoms with Crippen LogP contribution in [0.3, 0.4) is 0 Å². The molecule has 3 heterocycles. The van der Waals surface area contributed by atoms with E-state index in [1.807, 2.05) is 0 Å². The van der Waals surface area contributed by atoms with Crippen LogP contribution in [0.5, 0.6) is 5.75 Å². The van der Waals surface area contributed by atoms with E-state index < -0.39 is 217 Å². The number of unbranched alkanes of at least 4 members (excludes halogenated alkanes) is 1. The Balaban J connectivity index is 1.11. The number of rotatable bonds is 53. The highest BCUT2D eigenvalue weighted by Gasteiger charge is 2.42. The molecular formula is C85H118N22O19S2. The molecule has 16 amide bonds. The second-order valence-electron chi connectivity index (χ2n) is 31.3. The molecule has 1 aliphatic rings. The Bertz CT molecular complexity index is 4840. The minimum Gasteiger partial charge on any atom is -0.508 e. The molecule has 6 aromatic rings. The van der Waals surface area contributed by atoms with E-state index in [2.05, 4.69) is 110 Å². The lowest BCUT2D eigenvalue weighted by atomic mass is 9.99. The number of nitrogens with zero attached hydrogens (tertiary/aromatic N) is 1. The molecule has 7 rings (SSSR count). The summed E-state index contributed by atoms with van der Waals surface area (Å²) in [5.74, 6) is -15.7. The summed E-state index contributed by atoms with van der Waals surface area (Å²) >= 11 is 8.62. The number of aliphatic hydroxyl groups is 1. The molecule has 0 unspecified atom stereocenters. The van der Waals surface area contributed by atoms with E-state index in [-0.39, 0.29) is 89.1 Å². The number of nitrogens with one attached hydrogen (secondary N) is 17. The number of fused-ring (bicyclic) bond motifs is 2. The number of carbonyl (C=O) groups excluding carboxylic acids is 16. The van der Waals surface area contributed by atoms with Crippen molar-refractivity contribution in [1.29, 1.82) is 5.41 Å². The molecule has 1 fully saturated rings. The van der Waals surface area contributed by atoms with E-state index in [0.29, 0.717) is 69.9 Å². The number of para-hydroxylation sites is 2. The Morgan fingerprint density at radius 1 is 0.508 bits per heavy atom. The highest BCUT2D eigenvalue weighted by atomic mass is 32.1. The van der Waals surface area contributed by atoms with Gasteiger partial charge in [0.15, 0.2) is 5.96 Å². The number of aliphatic hydroxyl groups excluding tert-OH is 1. The Labute approximate surface area is 749 Å². The summed E-state index contributed by atoms with van der Waals surface area (Å²) in [6.07, 6.45) is 1.26. The summed E-state index contributed by atoms with van der Waals surface area (Å²) in [5.41, 5.74) is 25.4. The second-order valence-corrected chi connectivity index (χ2v) is 32.0. The number of hydrogen-bond acceptors (Lipinski definition) is 23. The summed E-state index contributed by atoms with van der Waals surface area (Å²) in [6.45, 7) is 4.88. The van der Waals surface area contributed by atoms with Gasteiger partial charge in [0.2, 0.25) is 94.5 Å². The molecule has 694 valence electrons. The SMILES string of the molecule is CC(=O)N[C@@H](CS)C(=O)N1CCC[C@H]1C(=O)N[C@H](C(=O)N[C@@H](Cc1c[nH]c2ccccc12)C(=O)N[C@@H](CCC(N)=O)C(=O)N[C@@H](CS)C(=O)N[C@@H](Cc1ccc(O)cc1)C(=O)N[C@@H](Cc1c[nH]c2ccccc12)C(=O)N[C@@H](CCCNC(=N)N)C(=O)N[C@H](C(=O)N[C@@H](Cc1ccccc1)C(=O)NCC(=O)NCCOCC(=O)N[C@H](CCCCN)C(N)=O)C(C)C)[C@@H](C)O. The van der Waals surface area contributed by atoms with Gasteiger partial charge in [-0.15, -0.1) is 0 Å². The summed E-state index contributed by atoms with van der Waals surface area (Å²) < 4.78 is 5.36. The molecule has 128 heavy (non-hydrogen) atoms. The summed E-state index contributed by atoms with van der Waals surface area (Å²) in [7, 11) is 0. The number of hydrogen-bond donors (Lipinski definition) is 25. The van der Waals surface area contributed by atoms with E-state index in [4.69, 9.17) is 33.1 Å². The zero-order valence-electron chi connectivity index (χ0n) is 71.6. The quantitative estimate of drug-likeness (QED) is 0.00755. The van der Waals surface area contributed by atoms with Gasteiger partial charge in [-0.3, -0.25) is 82.1 Å². The van der Waals surface area contributed by atoms with Gasteiger partial charge in [0.1, 0.15) is 84.9 Å². The monoisotopic (exact) mass is 1810 g/mol. The number of ether oxygens (including phenoxy) is 1. The summed E-state index contributed by atoms with van der Waals surface area (Å²) in [5, 5.41) is 67.1. The first kappa shape index (κ1) is 102. The molecule has 0 radical (unpaired) electrons. The van der Waals surface area contributed by atoms with Crippen LogP contribution in [-0.4, -0.2) is 262 Å². The number of benzene rings is 4. The van der Waals surface area contributed by atoms with Gasteiger partial charge < -0.3 is 127 Å². The lowest BCUT2D eigenvalue weighted by molar-refractivity contribution is -0.142. The van der Waals surface area contributed by atoms with Crippen molar-refractivity contribution in [3.8, 4) is 5.75 Å². The van der Waals surface area contributed by atoms with Crippen LogP contribution in [0.2, 0.25) is 0 Å². The van der Waals surface area contributed by atoms with E-state index >= 15 is 9.59 Å². The lowest BCUT2D eigenvalue weighted by Gasteiger charge is -2.30. The molecule has 1 aliphatic heterocycles. The predicted octanol–water partition coefficient (Wildman–Crippen LogP) is -3.74. The third-order valence-corrected chi connectivity index (χ3v) is 21.7. The zero-order chi connectivity index (χ0) is 93.7. The molecule has 43 heteroatoms. The third kappa shape index (κ3) is 32.5. The normalized spacial score (nSPS) is 15.2. The Hall–Kier alpha value is -12.9. The number of likely N-dealkylation sites (tertiary alicyclic amines) is 1. The number of aromatic nitrogens is 2. The number of H-pyrrole nitrogens is 2. The second kappa shape index (κ2) is 51.7. The van der Waals surface area contributed by atoms with Gasteiger partial charge in [-0.1, -0.05) is 92.7 Å². The van der Waals surface area contributed by atoms with E-state index in [1.54, 1.807) is 105 Å². The van der Waals surface area contributed by atoms with Crippen LogP contribution in [0.1, 0.15) is 108 Å². The fourth-order valence-electron chi connectivity index (χ4n) is 14.2. The van der Waals surface area contributed by atoms with Crippen molar-refractivity contribution in [2.75, 3.05) is 57.4 Å². The largest absolute Gasteiger partial charge is 0.508 e. The van der Waals surface area contributed by atoms with Gasteiger partial charge in [0.25, 0.3) is 0 Å². The minimum atomic E-state index is -1.77. The number of guanidine groups is 1. The average Bonchev–Trinajstić information content (AvgIpc) is 1.66. The smallest absolute Gasteiger partial charge is 0.246 e. The fourth-order valence-corrected chi connectivity index (χ4v) is 14.7. The van der Waals surface area contributed by atoms with Gasteiger partial charge in [0.05, 0.1) is 19.3 Å². The van der Waals surface area contributed by atoms with Crippen molar-refractivity contribution in [2.45, 2.75) is 190 Å². The van der Waals surface area contributed by atoms with Crippen LogP contribution < -0.4 is 97.4 Å². The van der Waals surface area contributed by atoms with Gasteiger partial charge in [-0.25, -0.2) is 0 Å². The maximum Gasteiger partial charge on any atom is 0.246 e. The molecule has 1 saturated heterocycles. The predicted molar refractivity (Wildman–Crippen MR) is 478 cm³/mol. The highest BCUT2D eigenvalue weighted by Crippen LogP contribution is 2.24. The van der Waals surface area contributed by atoms with E-state index in [0.717, 1.165) is 0 Å². The van der Waals surface area contributed by atoms with Crippen molar-refractivity contribution in [1.82, 2.24) is 89.3 Å². The maximum atomic E-state index is 15.4. The number of carbonyl (C=O) groups is 16. The highest BCUT2D eigenvalue weighted by molar-refractivity contribution is 7.80. The van der Waals surface area contributed by atoms with Crippen LogP contribution in [0.25, 0.3) is 21.8 Å². The van der Waals surface area contributed by atoms with E-state index in [1.165, 1.54) is 43.0 Å². The van der Waals surface area contributed by atoms with Crippen molar-refractivity contribution in [3.63, 3.8) is 0 Å².